The Labute approximate surface area is 137 Å². The van der Waals surface area contributed by atoms with Gasteiger partial charge in [-0.15, -0.1) is 11.3 Å². The van der Waals surface area contributed by atoms with Gasteiger partial charge in [-0.1, -0.05) is 12.1 Å². The highest BCUT2D eigenvalue weighted by atomic mass is 32.1. The topological polar surface area (TPSA) is 126 Å². The minimum atomic E-state index is -0.675. The van der Waals surface area contributed by atoms with E-state index in [2.05, 4.69) is 15.6 Å². The maximum Gasteiger partial charge on any atom is 0.329 e. The van der Waals surface area contributed by atoms with Crippen molar-refractivity contribution in [1.82, 2.24) is 9.99 Å². The minimum absolute atomic E-state index is 0.139. The van der Waals surface area contributed by atoms with Gasteiger partial charge in [0.25, 0.3) is 0 Å². The quantitative estimate of drug-likeness (QED) is 0.361. The molecule has 3 amide bonds. The van der Waals surface area contributed by atoms with E-state index in [4.69, 9.17) is 11.6 Å². The summed E-state index contributed by atoms with van der Waals surface area (Å²) in [4.78, 5) is 26.1. The van der Waals surface area contributed by atoms with Gasteiger partial charge < -0.3 is 16.4 Å². The molecule has 1 aromatic carbocycles. The summed E-state index contributed by atoms with van der Waals surface area (Å²) in [5, 5.41) is 9.28. The number of hydrazine groups is 1. The van der Waals surface area contributed by atoms with Crippen LogP contribution in [0.1, 0.15) is 18.2 Å². The summed E-state index contributed by atoms with van der Waals surface area (Å²) in [6.07, 6.45) is 0. The van der Waals surface area contributed by atoms with E-state index in [1.165, 1.54) is 18.3 Å². The number of nitrogens with zero attached hydrogens (tertiary/aromatic N) is 2. The van der Waals surface area contributed by atoms with E-state index in [1.807, 2.05) is 29.6 Å². The summed E-state index contributed by atoms with van der Waals surface area (Å²) in [7, 11) is 0. The molecule has 0 unspecified atom stereocenters. The van der Waals surface area contributed by atoms with Gasteiger partial charge in [-0.3, -0.25) is 9.80 Å². The van der Waals surface area contributed by atoms with Gasteiger partial charge in [-0.05, 0) is 17.7 Å². The highest BCUT2D eigenvalue weighted by Gasteiger charge is 2.06. The molecule has 0 bridgehead atoms. The van der Waals surface area contributed by atoms with Gasteiger partial charge in [0.2, 0.25) is 5.91 Å². The third-order valence-corrected chi connectivity index (χ3v) is 3.70. The van der Waals surface area contributed by atoms with Gasteiger partial charge in [0, 0.05) is 18.0 Å². The molecule has 2 rings (SSSR count). The normalized spacial score (nSPS) is 10.2. The Balaban J connectivity index is 1.87. The van der Waals surface area contributed by atoms with Crippen LogP contribution in [0, 0.1) is 0 Å². The third-order valence-electron chi connectivity index (χ3n) is 2.90. The second-order valence-corrected chi connectivity index (χ2v) is 5.70. The van der Waals surface area contributed by atoms with Gasteiger partial charge in [0.1, 0.15) is 0 Å². The first-order valence-corrected chi connectivity index (χ1v) is 7.68. The van der Waals surface area contributed by atoms with Gasteiger partial charge >= 0.3 is 6.03 Å². The molecule has 0 saturated heterocycles. The van der Waals surface area contributed by atoms with E-state index in [1.54, 1.807) is 0 Å². The number of anilines is 2. The fourth-order valence-electron chi connectivity index (χ4n) is 1.79. The van der Waals surface area contributed by atoms with E-state index in [9.17, 15) is 9.59 Å². The minimum Gasteiger partial charge on any atom is -0.379 e. The molecule has 122 valence electrons. The van der Waals surface area contributed by atoms with Crippen molar-refractivity contribution in [3.8, 4) is 0 Å². The number of rotatable bonds is 6. The number of thiazole rings is 1. The standard InChI is InChI=1S/C14H18N6O2S/c1-9(21)18-14-19-12(8-23-14)6-17-11-4-2-10(3-5-11)7-20(16)13(15)22/h2-5,8,17H,6-7,16H2,1H3,(H2,15,22)(H,18,19,21). The Kier molecular flexibility index (Phi) is 5.50. The maximum atomic E-state index is 11.0. The highest BCUT2D eigenvalue weighted by molar-refractivity contribution is 7.13. The molecule has 0 aliphatic rings. The van der Waals surface area contributed by atoms with Crippen molar-refractivity contribution < 1.29 is 9.59 Å². The third kappa shape index (κ3) is 5.24. The average Bonchev–Trinajstić information content (AvgIpc) is 2.93. The summed E-state index contributed by atoms with van der Waals surface area (Å²) in [5.41, 5.74) is 7.69. The number of amides is 3. The first-order chi connectivity index (χ1) is 10.9. The smallest absolute Gasteiger partial charge is 0.329 e. The van der Waals surface area contributed by atoms with E-state index in [0.717, 1.165) is 22.0 Å². The van der Waals surface area contributed by atoms with Crippen molar-refractivity contribution in [2.75, 3.05) is 10.6 Å². The summed E-state index contributed by atoms with van der Waals surface area (Å²) in [6, 6.07) is 6.80. The molecule has 0 radical (unpaired) electrons. The lowest BCUT2D eigenvalue weighted by atomic mass is 10.2. The van der Waals surface area contributed by atoms with Crippen LogP contribution in [-0.2, 0) is 17.9 Å². The van der Waals surface area contributed by atoms with Crippen LogP contribution < -0.4 is 22.2 Å². The first-order valence-electron chi connectivity index (χ1n) is 6.80. The summed E-state index contributed by atoms with van der Waals surface area (Å²) in [5.74, 6) is 5.32. The lowest BCUT2D eigenvalue weighted by Crippen LogP contribution is -2.40. The lowest BCUT2D eigenvalue weighted by molar-refractivity contribution is -0.114. The van der Waals surface area contributed by atoms with E-state index >= 15 is 0 Å². The van der Waals surface area contributed by atoms with Crippen LogP contribution in [0.4, 0.5) is 15.6 Å². The maximum absolute atomic E-state index is 11.0. The number of carbonyl (C=O) groups is 2. The second-order valence-electron chi connectivity index (χ2n) is 4.84. The number of urea groups is 1. The van der Waals surface area contributed by atoms with Crippen LogP contribution in [0.15, 0.2) is 29.6 Å². The van der Waals surface area contributed by atoms with Crippen LogP contribution in [0.3, 0.4) is 0 Å². The largest absolute Gasteiger partial charge is 0.379 e. The lowest BCUT2D eigenvalue weighted by Gasteiger charge is -2.13. The van der Waals surface area contributed by atoms with E-state index in [0.29, 0.717) is 11.7 Å². The summed E-state index contributed by atoms with van der Waals surface area (Å²) in [6.45, 7) is 2.24. The molecule has 0 aliphatic heterocycles. The SMILES string of the molecule is CC(=O)Nc1nc(CNc2ccc(CN(N)C(N)=O)cc2)cs1. The fraction of sp³-hybridized carbons (Fsp3) is 0.214. The van der Waals surface area contributed by atoms with Crippen molar-refractivity contribution in [1.29, 1.82) is 0 Å². The number of hydrogen-bond donors (Lipinski definition) is 4. The Morgan fingerprint density at radius 3 is 2.61 bits per heavy atom. The molecule has 0 saturated carbocycles. The molecule has 2 aromatic rings. The van der Waals surface area contributed by atoms with Crippen LogP contribution in [0.25, 0.3) is 0 Å². The van der Waals surface area contributed by atoms with Gasteiger partial charge in [-0.25, -0.2) is 15.6 Å². The summed E-state index contributed by atoms with van der Waals surface area (Å²) >= 11 is 1.38. The molecule has 0 aliphatic carbocycles. The van der Waals surface area contributed by atoms with Crippen LogP contribution in [0.5, 0.6) is 0 Å². The number of aromatic nitrogens is 1. The summed E-state index contributed by atoms with van der Waals surface area (Å²) < 4.78 is 0. The zero-order chi connectivity index (χ0) is 16.8. The number of hydrogen-bond acceptors (Lipinski definition) is 6. The van der Waals surface area contributed by atoms with Crippen molar-refractivity contribution in [2.24, 2.45) is 11.6 Å². The zero-order valence-corrected chi connectivity index (χ0v) is 13.4. The zero-order valence-electron chi connectivity index (χ0n) is 12.6. The van der Waals surface area contributed by atoms with Crippen LogP contribution in [-0.4, -0.2) is 21.9 Å². The molecule has 0 atom stereocenters. The highest BCUT2D eigenvalue weighted by Crippen LogP contribution is 2.17. The Bertz CT molecular complexity index is 685. The average molecular weight is 334 g/mol. The fourth-order valence-corrected chi connectivity index (χ4v) is 2.55. The van der Waals surface area contributed by atoms with Crippen molar-refractivity contribution >= 4 is 34.1 Å². The molecule has 6 N–H and O–H groups in total. The Hall–Kier alpha value is -2.65. The molecule has 0 fully saturated rings. The van der Waals surface area contributed by atoms with Crippen molar-refractivity contribution in [3.63, 3.8) is 0 Å². The van der Waals surface area contributed by atoms with Gasteiger partial charge in [0.05, 0.1) is 18.8 Å². The predicted molar refractivity (Wildman–Crippen MR) is 89.5 cm³/mol. The van der Waals surface area contributed by atoms with E-state index < -0.39 is 6.03 Å². The van der Waals surface area contributed by atoms with Gasteiger partial charge in [-0.2, -0.15) is 0 Å². The number of carbonyl (C=O) groups excluding carboxylic acids is 2. The van der Waals surface area contributed by atoms with E-state index in [-0.39, 0.29) is 12.5 Å². The Morgan fingerprint density at radius 1 is 1.30 bits per heavy atom. The molecule has 8 nitrogen and oxygen atoms in total. The number of nitrogens with two attached hydrogens (primary N) is 2. The van der Waals surface area contributed by atoms with Crippen LogP contribution in [0.2, 0.25) is 0 Å². The van der Waals surface area contributed by atoms with Crippen molar-refractivity contribution in [2.45, 2.75) is 20.0 Å². The number of benzene rings is 1. The van der Waals surface area contributed by atoms with Gasteiger partial charge in [0.15, 0.2) is 5.13 Å². The van der Waals surface area contributed by atoms with Crippen molar-refractivity contribution in [3.05, 3.63) is 40.9 Å². The molecule has 1 heterocycles. The molecular weight excluding hydrogens is 316 g/mol. The second kappa shape index (κ2) is 7.56. The molecular formula is C14H18N6O2S. The number of primary amides is 1. The van der Waals surface area contributed by atoms with Crippen LogP contribution >= 0.6 is 11.3 Å². The first kappa shape index (κ1) is 16.7. The monoisotopic (exact) mass is 334 g/mol. The Morgan fingerprint density at radius 2 is 2.00 bits per heavy atom. The molecule has 23 heavy (non-hydrogen) atoms. The predicted octanol–water partition coefficient (Wildman–Crippen LogP) is 1.47. The molecule has 9 heteroatoms. The molecule has 0 spiro atoms. The molecule has 1 aromatic heterocycles. The number of nitrogens with one attached hydrogen (secondary N) is 2.